The van der Waals surface area contributed by atoms with Gasteiger partial charge < -0.3 is 18.9 Å². The average Bonchev–Trinajstić information content (AvgIpc) is 2.07. The molecule has 5 heteroatoms. The third-order valence-electron chi connectivity index (χ3n) is 1.58. The monoisotopic (exact) mass is 216 g/mol. The largest absolute Gasteiger partial charge is 0.513 e. The lowest BCUT2D eigenvalue weighted by Crippen LogP contribution is -2.32. The molecule has 0 aromatic carbocycles. The molecule has 1 heterocycles. The zero-order valence-corrected chi connectivity index (χ0v) is 9.40. The topological polar surface area (TPSA) is 54.0 Å². The standard InChI is InChI=1S/C10H16O5/c1-7(2)14-9(11)15-8-5-12-10(3,4)13-6-8/h5,7H,6H2,1-4H3. The highest BCUT2D eigenvalue weighted by molar-refractivity contribution is 5.61. The molecule has 1 rings (SSSR count). The van der Waals surface area contributed by atoms with Crippen molar-refractivity contribution in [3.8, 4) is 0 Å². The van der Waals surface area contributed by atoms with E-state index in [1.807, 2.05) is 0 Å². The van der Waals surface area contributed by atoms with Gasteiger partial charge in [0.15, 0.2) is 5.76 Å². The number of ether oxygens (including phenoxy) is 4. The van der Waals surface area contributed by atoms with E-state index in [0.717, 1.165) is 0 Å². The predicted octanol–water partition coefficient (Wildman–Crippen LogP) is 2.17. The summed E-state index contributed by atoms with van der Waals surface area (Å²) in [6, 6.07) is 0. The van der Waals surface area contributed by atoms with Crippen molar-refractivity contribution < 1.29 is 23.7 Å². The van der Waals surface area contributed by atoms with Gasteiger partial charge in [-0.2, -0.15) is 0 Å². The molecule has 0 aliphatic carbocycles. The van der Waals surface area contributed by atoms with Crippen LogP contribution in [0.25, 0.3) is 0 Å². The number of carbonyl (C=O) groups excluding carboxylic acids is 1. The van der Waals surface area contributed by atoms with Crippen LogP contribution in [-0.2, 0) is 18.9 Å². The predicted molar refractivity (Wildman–Crippen MR) is 51.9 cm³/mol. The molecular weight excluding hydrogens is 200 g/mol. The van der Waals surface area contributed by atoms with Crippen molar-refractivity contribution >= 4 is 6.16 Å². The van der Waals surface area contributed by atoms with E-state index in [9.17, 15) is 4.79 Å². The zero-order chi connectivity index (χ0) is 11.5. The fourth-order valence-corrected chi connectivity index (χ4v) is 0.898. The van der Waals surface area contributed by atoms with Gasteiger partial charge in [-0.25, -0.2) is 4.79 Å². The van der Waals surface area contributed by atoms with Crippen molar-refractivity contribution in [2.24, 2.45) is 0 Å². The highest BCUT2D eigenvalue weighted by atomic mass is 16.8. The Kier molecular flexibility index (Phi) is 3.57. The fraction of sp³-hybridized carbons (Fsp3) is 0.700. The zero-order valence-electron chi connectivity index (χ0n) is 9.40. The first-order valence-corrected chi connectivity index (χ1v) is 4.78. The Bertz CT molecular complexity index is 267. The van der Waals surface area contributed by atoms with Crippen LogP contribution >= 0.6 is 0 Å². The van der Waals surface area contributed by atoms with Gasteiger partial charge in [0, 0.05) is 13.8 Å². The molecule has 0 unspecified atom stereocenters. The van der Waals surface area contributed by atoms with Crippen molar-refractivity contribution in [1.82, 2.24) is 0 Å². The highest BCUT2D eigenvalue weighted by Crippen LogP contribution is 2.20. The molecule has 0 aromatic heterocycles. The fourth-order valence-electron chi connectivity index (χ4n) is 0.898. The lowest BCUT2D eigenvalue weighted by atomic mass is 10.3. The van der Waals surface area contributed by atoms with Gasteiger partial charge in [-0.15, -0.1) is 0 Å². The van der Waals surface area contributed by atoms with E-state index in [4.69, 9.17) is 18.9 Å². The Morgan fingerprint density at radius 1 is 1.53 bits per heavy atom. The molecule has 0 aromatic rings. The van der Waals surface area contributed by atoms with E-state index in [1.54, 1.807) is 27.7 Å². The first-order chi connectivity index (χ1) is 6.89. The van der Waals surface area contributed by atoms with E-state index in [2.05, 4.69) is 0 Å². The summed E-state index contributed by atoms with van der Waals surface area (Å²) in [5.74, 6) is -0.366. The highest BCUT2D eigenvalue weighted by Gasteiger charge is 2.25. The molecule has 0 fully saturated rings. The van der Waals surface area contributed by atoms with Crippen LogP contribution in [0, 0.1) is 0 Å². The van der Waals surface area contributed by atoms with Gasteiger partial charge >= 0.3 is 6.16 Å². The van der Waals surface area contributed by atoms with Gasteiger partial charge in [0.1, 0.15) is 12.9 Å². The second-order valence-corrected chi connectivity index (χ2v) is 3.91. The molecule has 0 bridgehead atoms. The van der Waals surface area contributed by atoms with Crippen LogP contribution in [0.4, 0.5) is 4.79 Å². The maximum atomic E-state index is 11.1. The van der Waals surface area contributed by atoms with Crippen LogP contribution < -0.4 is 0 Å². The van der Waals surface area contributed by atoms with Gasteiger partial charge in [-0.3, -0.25) is 0 Å². The second kappa shape index (κ2) is 4.53. The van der Waals surface area contributed by atoms with Crippen LogP contribution in [0.5, 0.6) is 0 Å². The molecule has 15 heavy (non-hydrogen) atoms. The Labute approximate surface area is 88.9 Å². The number of hydrogen-bond donors (Lipinski definition) is 0. The molecule has 5 nitrogen and oxygen atoms in total. The summed E-state index contributed by atoms with van der Waals surface area (Å²) >= 11 is 0. The summed E-state index contributed by atoms with van der Waals surface area (Å²) in [7, 11) is 0. The summed E-state index contributed by atoms with van der Waals surface area (Å²) in [5.41, 5.74) is 0. The Morgan fingerprint density at radius 2 is 2.20 bits per heavy atom. The Hall–Kier alpha value is -1.23. The van der Waals surface area contributed by atoms with Crippen LogP contribution in [0.1, 0.15) is 27.7 Å². The molecule has 0 N–H and O–H groups in total. The van der Waals surface area contributed by atoms with Gasteiger partial charge in [-0.1, -0.05) is 0 Å². The van der Waals surface area contributed by atoms with E-state index in [0.29, 0.717) is 5.76 Å². The van der Waals surface area contributed by atoms with Crippen LogP contribution in [0.3, 0.4) is 0 Å². The van der Waals surface area contributed by atoms with E-state index in [-0.39, 0.29) is 12.7 Å². The summed E-state index contributed by atoms with van der Waals surface area (Å²) in [4.78, 5) is 11.1. The Balaban J connectivity index is 2.41. The number of carbonyl (C=O) groups is 1. The Morgan fingerprint density at radius 3 is 2.67 bits per heavy atom. The van der Waals surface area contributed by atoms with Gasteiger partial charge in [0.25, 0.3) is 0 Å². The quantitative estimate of drug-likeness (QED) is 0.662. The van der Waals surface area contributed by atoms with Crippen molar-refractivity contribution in [2.75, 3.05) is 6.61 Å². The third kappa shape index (κ3) is 4.20. The van der Waals surface area contributed by atoms with Crippen LogP contribution in [-0.4, -0.2) is 24.7 Å². The molecule has 0 saturated heterocycles. The average molecular weight is 216 g/mol. The van der Waals surface area contributed by atoms with Crippen molar-refractivity contribution in [1.29, 1.82) is 0 Å². The maximum absolute atomic E-state index is 11.1. The van der Waals surface area contributed by atoms with Crippen molar-refractivity contribution in [3.63, 3.8) is 0 Å². The second-order valence-electron chi connectivity index (χ2n) is 3.91. The molecule has 1 aliphatic heterocycles. The van der Waals surface area contributed by atoms with Crippen molar-refractivity contribution in [2.45, 2.75) is 39.6 Å². The summed E-state index contributed by atoms with van der Waals surface area (Å²) in [5, 5.41) is 0. The van der Waals surface area contributed by atoms with Gasteiger partial charge in [-0.05, 0) is 13.8 Å². The SMILES string of the molecule is CC(C)OC(=O)OC1=COC(C)(C)OC1. The minimum atomic E-state index is -0.747. The smallest absolute Gasteiger partial charge is 0.467 e. The first-order valence-electron chi connectivity index (χ1n) is 4.78. The number of rotatable bonds is 2. The van der Waals surface area contributed by atoms with E-state index < -0.39 is 11.9 Å². The summed E-state index contributed by atoms with van der Waals surface area (Å²) in [6.45, 7) is 7.22. The number of hydrogen-bond acceptors (Lipinski definition) is 5. The van der Waals surface area contributed by atoms with Gasteiger partial charge in [0.05, 0.1) is 6.10 Å². The molecule has 0 amide bonds. The maximum Gasteiger partial charge on any atom is 0.513 e. The minimum Gasteiger partial charge on any atom is -0.467 e. The van der Waals surface area contributed by atoms with E-state index in [1.165, 1.54) is 6.26 Å². The molecule has 86 valence electrons. The summed E-state index contributed by atoms with van der Waals surface area (Å²) in [6.07, 6.45) is 0.411. The minimum absolute atomic E-state index is 0.195. The van der Waals surface area contributed by atoms with Crippen LogP contribution in [0.15, 0.2) is 12.0 Å². The molecule has 1 aliphatic rings. The van der Waals surface area contributed by atoms with Crippen molar-refractivity contribution in [3.05, 3.63) is 12.0 Å². The molecule has 0 atom stereocenters. The molecule has 0 radical (unpaired) electrons. The van der Waals surface area contributed by atoms with E-state index >= 15 is 0 Å². The lowest BCUT2D eigenvalue weighted by molar-refractivity contribution is -0.198. The summed E-state index contributed by atoms with van der Waals surface area (Å²) < 4.78 is 20.1. The first kappa shape index (κ1) is 11.8. The van der Waals surface area contributed by atoms with Gasteiger partial charge in [0.2, 0.25) is 5.79 Å². The molecular formula is C10H16O5. The molecule has 0 spiro atoms. The van der Waals surface area contributed by atoms with Crippen LogP contribution in [0.2, 0.25) is 0 Å². The lowest BCUT2D eigenvalue weighted by Gasteiger charge is -2.29. The normalized spacial score (nSPS) is 19.1. The third-order valence-corrected chi connectivity index (χ3v) is 1.58. The molecule has 0 saturated carbocycles.